The Morgan fingerprint density at radius 2 is 1.88 bits per heavy atom. The fourth-order valence-corrected chi connectivity index (χ4v) is 3.35. The number of thiophene rings is 1. The van der Waals surface area contributed by atoms with Gasteiger partial charge in [0, 0.05) is 15.9 Å². The number of pyridine rings is 1. The second-order valence-corrected chi connectivity index (χ2v) is 8.19. The van der Waals surface area contributed by atoms with Crippen molar-refractivity contribution in [3.8, 4) is 0 Å². The predicted octanol–water partition coefficient (Wildman–Crippen LogP) is 1.67. The first-order chi connectivity index (χ1) is 11.7. The van der Waals surface area contributed by atoms with Crippen LogP contribution in [0.5, 0.6) is 0 Å². The predicted molar refractivity (Wildman–Crippen MR) is 98.3 cm³/mol. The van der Waals surface area contributed by atoms with Crippen LogP contribution in [0.3, 0.4) is 0 Å². The van der Waals surface area contributed by atoms with Crippen molar-refractivity contribution in [1.29, 1.82) is 0 Å². The molecule has 0 atom stereocenters. The lowest BCUT2D eigenvalue weighted by atomic mass is 9.88. The molecule has 2 N–H and O–H groups in total. The SMILES string of the molecule is CC1(C)OB(c2ccc(CNC(=O)c3ccc[nH]c3=O)s2)OC1(C)C. The molecular weight excluding hydrogens is 339 g/mol. The maximum atomic E-state index is 12.1. The number of amides is 1. The monoisotopic (exact) mass is 360 g/mol. The Hall–Kier alpha value is -1.90. The number of H-pyrrole nitrogens is 1. The summed E-state index contributed by atoms with van der Waals surface area (Å²) in [6, 6.07) is 7.00. The van der Waals surface area contributed by atoms with Crippen molar-refractivity contribution in [3.63, 3.8) is 0 Å². The molecule has 0 unspecified atom stereocenters. The van der Waals surface area contributed by atoms with E-state index in [-0.39, 0.29) is 16.8 Å². The molecule has 0 radical (unpaired) electrons. The van der Waals surface area contributed by atoms with Gasteiger partial charge in [0.15, 0.2) is 0 Å². The standard InChI is InChI=1S/C17H21BN2O4S/c1-16(2)17(3,4)24-18(23-16)13-8-7-11(25-13)10-20-15(22)12-6-5-9-19-14(12)21/h5-9H,10H2,1-4H3,(H,19,21)(H,20,22). The summed E-state index contributed by atoms with van der Waals surface area (Å²) in [5, 5.41) is 2.76. The van der Waals surface area contributed by atoms with E-state index >= 15 is 0 Å². The van der Waals surface area contributed by atoms with Crippen LogP contribution in [0.25, 0.3) is 0 Å². The third-order valence-electron chi connectivity index (χ3n) is 4.65. The van der Waals surface area contributed by atoms with E-state index in [0.717, 1.165) is 9.65 Å². The minimum absolute atomic E-state index is 0.102. The van der Waals surface area contributed by atoms with Crippen molar-refractivity contribution >= 4 is 29.1 Å². The highest BCUT2D eigenvalue weighted by Gasteiger charge is 2.52. The van der Waals surface area contributed by atoms with Crippen LogP contribution in [-0.2, 0) is 15.9 Å². The summed E-state index contributed by atoms with van der Waals surface area (Å²) in [7, 11) is -0.406. The van der Waals surface area contributed by atoms with Gasteiger partial charge in [0.05, 0.1) is 17.7 Å². The lowest BCUT2D eigenvalue weighted by Gasteiger charge is -2.32. The van der Waals surface area contributed by atoms with Crippen molar-refractivity contribution in [2.75, 3.05) is 0 Å². The fourth-order valence-electron chi connectivity index (χ4n) is 2.44. The van der Waals surface area contributed by atoms with Gasteiger partial charge in [-0.15, -0.1) is 11.3 Å². The summed E-state index contributed by atoms with van der Waals surface area (Å²) < 4.78 is 13.0. The number of aromatic amines is 1. The Morgan fingerprint density at radius 1 is 1.20 bits per heavy atom. The number of rotatable bonds is 4. The van der Waals surface area contributed by atoms with Gasteiger partial charge in [0.2, 0.25) is 0 Å². The molecule has 2 aromatic heterocycles. The average molecular weight is 360 g/mol. The fraction of sp³-hybridized carbons (Fsp3) is 0.412. The number of carbonyl (C=O) groups excluding carboxylic acids is 1. The van der Waals surface area contributed by atoms with E-state index < -0.39 is 18.6 Å². The molecule has 0 aliphatic carbocycles. The van der Waals surface area contributed by atoms with Gasteiger partial charge in [0.25, 0.3) is 11.5 Å². The molecule has 1 saturated heterocycles. The van der Waals surface area contributed by atoms with Crippen LogP contribution in [0, 0.1) is 0 Å². The van der Waals surface area contributed by atoms with Crippen LogP contribution in [0.1, 0.15) is 42.9 Å². The Morgan fingerprint density at radius 3 is 2.52 bits per heavy atom. The highest BCUT2D eigenvalue weighted by Crippen LogP contribution is 2.36. The number of hydrogen-bond donors (Lipinski definition) is 2. The van der Waals surface area contributed by atoms with Crippen LogP contribution in [0.4, 0.5) is 0 Å². The van der Waals surface area contributed by atoms with Crippen molar-refractivity contribution in [2.24, 2.45) is 0 Å². The topological polar surface area (TPSA) is 80.4 Å². The Balaban J connectivity index is 1.64. The number of aromatic nitrogens is 1. The second-order valence-electron chi connectivity index (χ2n) is 6.99. The van der Waals surface area contributed by atoms with Gasteiger partial charge in [-0.2, -0.15) is 0 Å². The van der Waals surface area contributed by atoms with Crippen LogP contribution in [0.2, 0.25) is 0 Å². The van der Waals surface area contributed by atoms with E-state index in [2.05, 4.69) is 10.3 Å². The minimum atomic E-state index is -0.406. The van der Waals surface area contributed by atoms with Crippen LogP contribution >= 0.6 is 11.3 Å². The van der Waals surface area contributed by atoms with Gasteiger partial charge in [-0.05, 0) is 45.9 Å². The van der Waals surface area contributed by atoms with Gasteiger partial charge < -0.3 is 19.6 Å². The molecule has 0 bridgehead atoms. The van der Waals surface area contributed by atoms with Gasteiger partial charge >= 0.3 is 7.12 Å². The molecule has 2 aromatic rings. The summed E-state index contributed by atoms with van der Waals surface area (Å²) in [4.78, 5) is 27.2. The highest BCUT2D eigenvalue weighted by atomic mass is 32.1. The normalized spacial score (nSPS) is 18.3. The molecule has 0 saturated carbocycles. The first-order valence-electron chi connectivity index (χ1n) is 8.10. The zero-order valence-corrected chi connectivity index (χ0v) is 15.5. The molecule has 6 nitrogen and oxygen atoms in total. The smallest absolute Gasteiger partial charge is 0.399 e. The molecule has 1 aliphatic heterocycles. The third kappa shape index (κ3) is 3.56. The molecule has 0 spiro atoms. The van der Waals surface area contributed by atoms with E-state index in [1.165, 1.54) is 23.6 Å². The molecule has 8 heteroatoms. The van der Waals surface area contributed by atoms with Crippen LogP contribution in [-0.4, -0.2) is 29.2 Å². The molecular formula is C17H21BN2O4S. The Bertz CT molecular complexity index is 827. The largest absolute Gasteiger partial charge is 0.505 e. The number of hydrogen-bond acceptors (Lipinski definition) is 5. The van der Waals surface area contributed by atoms with Crippen molar-refractivity contribution in [3.05, 3.63) is 51.3 Å². The summed E-state index contributed by atoms with van der Waals surface area (Å²) >= 11 is 1.52. The summed E-state index contributed by atoms with van der Waals surface area (Å²) in [5.41, 5.74) is -1.07. The zero-order valence-electron chi connectivity index (χ0n) is 14.7. The van der Waals surface area contributed by atoms with Gasteiger partial charge in [-0.3, -0.25) is 9.59 Å². The van der Waals surface area contributed by atoms with E-state index in [1.807, 2.05) is 39.8 Å². The van der Waals surface area contributed by atoms with E-state index in [9.17, 15) is 9.59 Å². The van der Waals surface area contributed by atoms with E-state index in [4.69, 9.17) is 9.31 Å². The van der Waals surface area contributed by atoms with Crippen LogP contribution in [0.15, 0.2) is 35.3 Å². The van der Waals surface area contributed by atoms with E-state index in [0.29, 0.717) is 6.54 Å². The first-order valence-corrected chi connectivity index (χ1v) is 8.91. The van der Waals surface area contributed by atoms with Crippen molar-refractivity contribution < 1.29 is 14.1 Å². The first kappa shape index (κ1) is 17.9. The van der Waals surface area contributed by atoms with Gasteiger partial charge in [-0.1, -0.05) is 6.07 Å². The third-order valence-corrected chi connectivity index (χ3v) is 5.76. The minimum Gasteiger partial charge on any atom is -0.399 e. The molecule has 3 heterocycles. The number of nitrogens with one attached hydrogen (secondary N) is 2. The molecule has 1 fully saturated rings. The molecule has 25 heavy (non-hydrogen) atoms. The highest BCUT2D eigenvalue weighted by molar-refractivity contribution is 7.22. The molecule has 3 rings (SSSR count). The molecule has 0 aromatic carbocycles. The zero-order chi connectivity index (χ0) is 18.2. The van der Waals surface area contributed by atoms with Crippen molar-refractivity contribution in [1.82, 2.24) is 10.3 Å². The Labute approximate surface area is 150 Å². The van der Waals surface area contributed by atoms with E-state index in [1.54, 1.807) is 6.07 Å². The van der Waals surface area contributed by atoms with Gasteiger partial charge in [-0.25, -0.2) is 0 Å². The molecule has 1 aliphatic rings. The van der Waals surface area contributed by atoms with Gasteiger partial charge in [0.1, 0.15) is 5.56 Å². The van der Waals surface area contributed by atoms with Crippen LogP contribution < -0.4 is 15.7 Å². The second kappa shape index (κ2) is 6.44. The lowest BCUT2D eigenvalue weighted by Crippen LogP contribution is -2.41. The Kier molecular flexibility index (Phi) is 4.61. The summed E-state index contributed by atoms with van der Waals surface area (Å²) in [6.07, 6.45) is 1.50. The maximum absolute atomic E-state index is 12.1. The molecule has 132 valence electrons. The molecule has 1 amide bonds. The average Bonchev–Trinajstić information content (AvgIpc) is 3.08. The maximum Gasteiger partial charge on any atom is 0.505 e. The summed E-state index contributed by atoms with van der Waals surface area (Å²) in [6.45, 7) is 8.40. The lowest BCUT2D eigenvalue weighted by molar-refractivity contribution is 0.00578. The summed E-state index contributed by atoms with van der Waals surface area (Å²) in [5.74, 6) is -0.396. The number of carbonyl (C=O) groups is 1. The quantitative estimate of drug-likeness (QED) is 0.813. The van der Waals surface area contributed by atoms with Crippen molar-refractivity contribution in [2.45, 2.75) is 45.4 Å².